The summed E-state index contributed by atoms with van der Waals surface area (Å²) >= 11 is 0. The first-order valence-electron chi connectivity index (χ1n) is 7.82. The highest BCUT2D eigenvalue weighted by atomic mass is 16.6. The van der Waals surface area contributed by atoms with Crippen molar-refractivity contribution in [3.63, 3.8) is 0 Å². The smallest absolute Gasteiger partial charge is 0.410 e. The summed E-state index contributed by atoms with van der Waals surface area (Å²) < 4.78 is 5.19. The molecule has 0 saturated heterocycles. The number of nitrogens with one attached hydrogen (secondary N) is 1. The van der Waals surface area contributed by atoms with E-state index >= 15 is 0 Å². The van der Waals surface area contributed by atoms with Crippen LogP contribution in [0.5, 0.6) is 0 Å². The van der Waals surface area contributed by atoms with Gasteiger partial charge in [0.15, 0.2) is 0 Å². The van der Waals surface area contributed by atoms with E-state index in [-0.39, 0.29) is 25.1 Å². The molecule has 126 valence electrons. The quantitative estimate of drug-likeness (QED) is 0.887. The van der Waals surface area contributed by atoms with Gasteiger partial charge in [-0.05, 0) is 18.1 Å². The van der Waals surface area contributed by atoms with Crippen LogP contribution in [0.25, 0.3) is 0 Å². The Kier molecular flexibility index (Phi) is 6.37. The van der Waals surface area contributed by atoms with Gasteiger partial charge in [0.25, 0.3) is 0 Å². The number of carbonyl (C=O) groups is 2. The van der Waals surface area contributed by atoms with Crippen LogP contribution in [0.1, 0.15) is 24.1 Å². The molecule has 0 saturated carbocycles. The molecular weight excluding hydrogens is 304 g/mol. The summed E-state index contributed by atoms with van der Waals surface area (Å²) in [4.78, 5) is 25.2. The van der Waals surface area contributed by atoms with Gasteiger partial charge in [0.05, 0.1) is 6.04 Å². The number of rotatable bonds is 6. The number of amides is 2. The average Bonchev–Trinajstić information content (AvgIpc) is 2.61. The Morgan fingerprint density at radius 2 is 1.62 bits per heavy atom. The molecule has 0 aliphatic heterocycles. The lowest BCUT2D eigenvalue weighted by Gasteiger charge is -2.19. The summed E-state index contributed by atoms with van der Waals surface area (Å²) in [6, 6.07) is 19.0. The summed E-state index contributed by atoms with van der Waals surface area (Å²) in [6.45, 7) is 2.04. The number of carbonyl (C=O) groups excluding carboxylic acids is 2. The Hall–Kier alpha value is -2.82. The zero-order valence-electron chi connectivity index (χ0n) is 13.9. The lowest BCUT2D eigenvalue weighted by molar-refractivity contribution is -0.122. The molecule has 0 fully saturated rings. The summed E-state index contributed by atoms with van der Waals surface area (Å²) in [5, 5.41) is 2.87. The summed E-state index contributed by atoms with van der Waals surface area (Å²) in [5.41, 5.74) is 1.92. The molecule has 1 N–H and O–H groups in total. The number of benzene rings is 2. The second-order valence-corrected chi connectivity index (χ2v) is 5.60. The molecule has 0 unspecified atom stereocenters. The third-order valence-electron chi connectivity index (χ3n) is 3.57. The van der Waals surface area contributed by atoms with Crippen LogP contribution in [0.3, 0.4) is 0 Å². The predicted octanol–water partition coefficient (Wildman–Crippen LogP) is 3.13. The van der Waals surface area contributed by atoms with E-state index in [2.05, 4.69) is 5.32 Å². The van der Waals surface area contributed by atoms with Crippen LogP contribution in [0.4, 0.5) is 4.79 Å². The van der Waals surface area contributed by atoms with Gasteiger partial charge in [0, 0.05) is 7.05 Å². The van der Waals surface area contributed by atoms with Crippen LogP contribution in [0.15, 0.2) is 60.7 Å². The summed E-state index contributed by atoms with van der Waals surface area (Å²) in [5.74, 6) is -0.231. The fraction of sp³-hybridized carbons (Fsp3) is 0.263. The standard InChI is InChI=1S/C19H22N2O3/c1-15(17-11-7-4-8-12-17)20-18(22)13-21(2)19(23)24-14-16-9-5-3-6-10-16/h3-12,15H,13-14H2,1-2H3,(H,20,22)/t15-/m1/s1. The van der Waals surface area contributed by atoms with E-state index in [1.54, 1.807) is 7.05 Å². The molecule has 2 aromatic carbocycles. The second kappa shape index (κ2) is 8.72. The molecule has 2 aromatic rings. The Labute approximate surface area is 142 Å². The molecule has 5 heteroatoms. The molecule has 0 spiro atoms. The van der Waals surface area contributed by atoms with Gasteiger partial charge < -0.3 is 15.0 Å². The SMILES string of the molecule is C[C@@H](NC(=O)CN(C)C(=O)OCc1ccccc1)c1ccccc1. The van der Waals surface area contributed by atoms with Crippen LogP contribution in [-0.4, -0.2) is 30.5 Å². The Balaban J connectivity index is 1.77. The lowest BCUT2D eigenvalue weighted by atomic mass is 10.1. The van der Waals surface area contributed by atoms with Crippen molar-refractivity contribution in [1.29, 1.82) is 0 Å². The largest absolute Gasteiger partial charge is 0.445 e. The van der Waals surface area contributed by atoms with Gasteiger partial charge in [-0.15, -0.1) is 0 Å². The number of likely N-dealkylation sites (N-methyl/N-ethyl adjacent to an activating group) is 1. The molecule has 0 aromatic heterocycles. The zero-order valence-corrected chi connectivity index (χ0v) is 13.9. The van der Waals surface area contributed by atoms with Crippen LogP contribution in [0.2, 0.25) is 0 Å². The Morgan fingerprint density at radius 3 is 2.25 bits per heavy atom. The molecule has 5 nitrogen and oxygen atoms in total. The van der Waals surface area contributed by atoms with Gasteiger partial charge in [-0.2, -0.15) is 0 Å². The summed E-state index contributed by atoms with van der Waals surface area (Å²) in [6.07, 6.45) is -0.527. The van der Waals surface area contributed by atoms with Gasteiger partial charge in [-0.3, -0.25) is 4.79 Å². The first-order chi connectivity index (χ1) is 11.6. The molecular formula is C19H22N2O3. The van der Waals surface area contributed by atoms with Crippen molar-refractivity contribution in [2.45, 2.75) is 19.6 Å². The molecule has 1 atom stereocenters. The number of hydrogen-bond acceptors (Lipinski definition) is 3. The molecule has 0 heterocycles. The minimum atomic E-state index is -0.527. The van der Waals surface area contributed by atoms with Crippen molar-refractivity contribution in [3.05, 3.63) is 71.8 Å². The van der Waals surface area contributed by atoms with E-state index in [0.717, 1.165) is 11.1 Å². The van der Waals surface area contributed by atoms with Gasteiger partial charge >= 0.3 is 6.09 Å². The Bertz CT molecular complexity index is 659. The number of nitrogens with zero attached hydrogens (tertiary/aromatic N) is 1. The predicted molar refractivity (Wildman–Crippen MR) is 92.3 cm³/mol. The van der Waals surface area contributed by atoms with Crippen LogP contribution >= 0.6 is 0 Å². The van der Waals surface area contributed by atoms with Gasteiger partial charge in [0.1, 0.15) is 13.2 Å². The van der Waals surface area contributed by atoms with Crippen LogP contribution < -0.4 is 5.32 Å². The highest BCUT2D eigenvalue weighted by Crippen LogP contribution is 2.10. The van der Waals surface area contributed by atoms with E-state index < -0.39 is 6.09 Å². The average molecular weight is 326 g/mol. The van der Waals surface area contributed by atoms with Crippen LogP contribution in [0, 0.1) is 0 Å². The topological polar surface area (TPSA) is 58.6 Å². The van der Waals surface area contributed by atoms with E-state index in [1.165, 1.54) is 4.90 Å². The fourth-order valence-electron chi connectivity index (χ4n) is 2.22. The van der Waals surface area contributed by atoms with Crippen molar-refractivity contribution in [2.24, 2.45) is 0 Å². The van der Waals surface area contributed by atoms with Crippen molar-refractivity contribution in [3.8, 4) is 0 Å². The normalized spacial score (nSPS) is 11.4. The highest BCUT2D eigenvalue weighted by molar-refractivity contribution is 5.82. The van der Waals surface area contributed by atoms with E-state index in [0.29, 0.717) is 0 Å². The monoisotopic (exact) mass is 326 g/mol. The molecule has 2 rings (SSSR count). The van der Waals surface area contributed by atoms with Crippen LogP contribution in [-0.2, 0) is 16.1 Å². The zero-order chi connectivity index (χ0) is 17.4. The minimum Gasteiger partial charge on any atom is -0.445 e. The molecule has 2 amide bonds. The number of ether oxygens (including phenoxy) is 1. The lowest BCUT2D eigenvalue weighted by Crippen LogP contribution is -2.39. The van der Waals surface area contributed by atoms with Gasteiger partial charge in [-0.1, -0.05) is 60.7 Å². The third-order valence-corrected chi connectivity index (χ3v) is 3.57. The fourth-order valence-corrected chi connectivity index (χ4v) is 2.22. The first-order valence-corrected chi connectivity index (χ1v) is 7.82. The molecule has 0 aliphatic rings. The molecule has 0 radical (unpaired) electrons. The highest BCUT2D eigenvalue weighted by Gasteiger charge is 2.16. The maximum atomic E-state index is 12.1. The van der Waals surface area contributed by atoms with E-state index in [1.807, 2.05) is 67.6 Å². The van der Waals surface area contributed by atoms with Gasteiger partial charge in [0.2, 0.25) is 5.91 Å². The second-order valence-electron chi connectivity index (χ2n) is 5.60. The third kappa shape index (κ3) is 5.43. The Morgan fingerprint density at radius 1 is 1.04 bits per heavy atom. The molecule has 0 bridgehead atoms. The van der Waals surface area contributed by atoms with E-state index in [4.69, 9.17) is 4.74 Å². The van der Waals surface area contributed by atoms with Crippen molar-refractivity contribution in [2.75, 3.05) is 13.6 Å². The van der Waals surface area contributed by atoms with Crippen molar-refractivity contribution >= 4 is 12.0 Å². The van der Waals surface area contributed by atoms with E-state index in [9.17, 15) is 9.59 Å². The molecule has 0 aliphatic carbocycles. The minimum absolute atomic E-state index is 0.0508. The first kappa shape index (κ1) is 17.5. The maximum absolute atomic E-state index is 12.1. The van der Waals surface area contributed by atoms with Crippen molar-refractivity contribution < 1.29 is 14.3 Å². The maximum Gasteiger partial charge on any atom is 0.410 e. The number of hydrogen-bond donors (Lipinski definition) is 1. The van der Waals surface area contributed by atoms with Gasteiger partial charge in [-0.25, -0.2) is 4.79 Å². The molecule has 24 heavy (non-hydrogen) atoms. The summed E-state index contributed by atoms with van der Waals surface area (Å²) in [7, 11) is 1.54. The van der Waals surface area contributed by atoms with Crippen molar-refractivity contribution in [1.82, 2.24) is 10.2 Å².